The van der Waals surface area contributed by atoms with Gasteiger partial charge in [-0.15, -0.1) is 0 Å². The highest BCUT2D eigenvalue weighted by Gasteiger charge is 2.10. The summed E-state index contributed by atoms with van der Waals surface area (Å²) in [5, 5.41) is 11.9. The lowest BCUT2D eigenvalue weighted by molar-refractivity contribution is 0.187. The molecule has 3 nitrogen and oxygen atoms in total. The first kappa shape index (κ1) is 10.3. The molecule has 0 bridgehead atoms. The average molecular weight is 227 g/mol. The molecule has 1 unspecified atom stereocenters. The van der Waals surface area contributed by atoms with Gasteiger partial charge in [0, 0.05) is 17.3 Å². The fourth-order valence-corrected chi connectivity index (χ4v) is 2.09. The lowest BCUT2D eigenvalue weighted by atomic mass is 10.1. The van der Waals surface area contributed by atoms with Crippen LogP contribution in [-0.2, 0) is 0 Å². The third-order valence-electron chi connectivity index (χ3n) is 3.01. The first-order valence-corrected chi connectivity index (χ1v) is 5.59. The van der Waals surface area contributed by atoms with Crippen LogP contribution in [-0.4, -0.2) is 11.7 Å². The molecule has 0 spiro atoms. The molecule has 3 aromatic rings. The standard InChI is InChI=1S/C14H13NO2/c15-8-12(16)9-5-6-11-10-3-1-2-4-13(10)17-14(11)7-9/h1-7,12,16H,8,15H2. The van der Waals surface area contributed by atoms with Gasteiger partial charge in [-0.25, -0.2) is 0 Å². The zero-order valence-corrected chi connectivity index (χ0v) is 9.26. The largest absolute Gasteiger partial charge is 0.456 e. The van der Waals surface area contributed by atoms with Crippen molar-refractivity contribution in [3.63, 3.8) is 0 Å². The Labute approximate surface area is 98.5 Å². The van der Waals surface area contributed by atoms with Crippen molar-refractivity contribution in [1.82, 2.24) is 0 Å². The minimum atomic E-state index is -0.632. The zero-order chi connectivity index (χ0) is 11.8. The fraction of sp³-hybridized carbons (Fsp3) is 0.143. The van der Waals surface area contributed by atoms with Crippen LogP contribution in [0.4, 0.5) is 0 Å². The molecule has 2 aromatic carbocycles. The summed E-state index contributed by atoms with van der Waals surface area (Å²) in [6, 6.07) is 13.6. The van der Waals surface area contributed by atoms with E-state index in [4.69, 9.17) is 10.2 Å². The first-order valence-electron chi connectivity index (χ1n) is 5.59. The van der Waals surface area contributed by atoms with Gasteiger partial charge in [-0.3, -0.25) is 0 Å². The van der Waals surface area contributed by atoms with Gasteiger partial charge in [0.15, 0.2) is 0 Å². The van der Waals surface area contributed by atoms with E-state index in [1.807, 2.05) is 42.5 Å². The minimum Gasteiger partial charge on any atom is -0.456 e. The molecule has 1 atom stereocenters. The molecular weight excluding hydrogens is 214 g/mol. The Hall–Kier alpha value is -1.84. The van der Waals surface area contributed by atoms with Crippen molar-refractivity contribution in [2.24, 2.45) is 5.73 Å². The Balaban J connectivity index is 2.26. The summed E-state index contributed by atoms with van der Waals surface area (Å²) in [6.45, 7) is 0.214. The third kappa shape index (κ3) is 1.60. The number of furan rings is 1. The molecule has 0 aliphatic carbocycles. The van der Waals surface area contributed by atoms with Gasteiger partial charge in [-0.05, 0) is 17.7 Å². The maximum atomic E-state index is 9.70. The fourth-order valence-electron chi connectivity index (χ4n) is 2.09. The van der Waals surface area contributed by atoms with Crippen molar-refractivity contribution in [3.05, 3.63) is 48.0 Å². The van der Waals surface area contributed by atoms with E-state index >= 15 is 0 Å². The van der Waals surface area contributed by atoms with Crippen LogP contribution < -0.4 is 5.73 Å². The second-order valence-corrected chi connectivity index (χ2v) is 4.11. The third-order valence-corrected chi connectivity index (χ3v) is 3.01. The number of hydrogen-bond donors (Lipinski definition) is 2. The van der Waals surface area contributed by atoms with Crippen LogP contribution >= 0.6 is 0 Å². The van der Waals surface area contributed by atoms with E-state index in [0.717, 1.165) is 27.5 Å². The number of para-hydroxylation sites is 1. The first-order chi connectivity index (χ1) is 8.29. The molecule has 0 fully saturated rings. The number of rotatable bonds is 2. The lowest BCUT2D eigenvalue weighted by Crippen LogP contribution is -2.11. The maximum Gasteiger partial charge on any atom is 0.135 e. The smallest absolute Gasteiger partial charge is 0.135 e. The van der Waals surface area contributed by atoms with Crippen molar-refractivity contribution in [3.8, 4) is 0 Å². The summed E-state index contributed by atoms with van der Waals surface area (Å²) in [7, 11) is 0. The molecule has 17 heavy (non-hydrogen) atoms. The number of aliphatic hydroxyl groups is 1. The molecule has 1 heterocycles. The number of nitrogens with two attached hydrogens (primary N) is 1. The molecule has 0 saturated carbocycles. The molecule has 3 heteroatoms. The molecule has 0 aliphatic rings. The Morgan fingerprint density at radius 3 is 2.65 bits per heavy atom. The van der Waals surface area contributed by atoms with Gasteiger partial charge < -0.3 is 15.3 Å². The molecule has 0 aliphatic heterocycles. The van der Waals surface area contributed by atoms with Gasteiger partial charge >= 0.3 is 0 Å². The molecule has 1 aromatic heterocycles. The molecule has 3 rings (SSSR count). The summed E-state index contributed by atoms with van der Waals surface area (Å²) < 4.78 is 5.74. The average Bonchev–Trinajstić information content (AvgIpc) is 2.75. The highest BCUT2D eigenvalue weighted by Crippen LogP contribution is 2.30. The summed E-state index contributed by atoms with van der Waals surface area (Å²) >= 11 is 0. The van der Waals surface area contributed by atoms with Crippen molar-refractivity contribution in [2.75, 3.05) is 6.54 Å². The normalized spacial score (nSPS) is 13.3. The highest BCUT2D eigenvalue weighted by molar-refractivity contribution is 6.04. The van der Waals surface area contributed by atoms with Gasteiger partial charge in [0.05, 0.1) is 6.10 Å². The van der Waals surface area contributed by atoms with Crippen molar-refractivity contribution in [1.29, 1.82) is 0 Å². The second-order valence-electron chi connectivity index (χ2n) is 4.11. The maximum absolute atomic E-state index is 9.70. The number of benzene rings is 2. The van der Waals surface area contributed by atoms with Gasteiger partial charge in [0.1, 0.15) is 11.2 Å². The summed E-state index contributed by atoms with van der Waals surface area (Å²) in [6.07, 6.45) is -0.632. The predicted molar refractivity (Wildman–Crippen MR) is 67.7 cm³/mol. The van der Waals surface area contributed by atoms with E-state index in [1.54, 1.807) is 0 Å². The Morgan fingerprint density at radius 1 is 1.06 bits per heavy atom. The van der Waals surface area contributed by atoms with Crippen LogP contribution in [0.3, 0.4) is 0 Å². The Morgan fingerprint density at radius 2 is 1.82 bits per heavy atom. The van der Waals surface area contributed by atoms with Crippen molar-refractivity contribution in [2.45, 2.75) is 6.10 Å². The molecular formula is C14H13NO2. The number of hydrogen-bond acceptors (Lipinski definition) is 3. The SMILES string of the molecule is NCC(O)c1ccc2c(c1)oc1ccccc12. The monoisotopic (exact) mass is 227 g/mol. The Kier molecular flexibility index (Phi) is 2.35. The van der Waals surface area contributed by atoms with Gasteiger partial charge in [-0.1, -0.05) is 30.3 Å². The summed E-state index contributed by atoms with van der Waals surface area (Å²) in [5.74, 6) is 0. The minimum absolute atomic E-state index is 0.214. The molecule has 3 N–H and O–H groups in total. The number of aliphatic hydroxyl groups excluding tert-OH is 1. The quantitative estimate of drug-likeness (QED) is 0.707. The predicted octanol–water partition coefficient (Wildman–Crippen LogP) is 2.58. The van der Waals surface area contributed by atoms with E-state index in [2.05, 4.69) is 0 Å². The lowest BCUT2D eigenvalue weighted by Gasteiger charge is -2.06. The van der Waals surface area contributed by atoms with Crippen LogP contribution in [0.5, 0.6) is 0 Å². The summed E-state index contributed by atoms with van der Waals surface area (Å²) in [5.41, 5.74) is 7.88. The molecule has 0 radical (unpaired) electrons. The van der Waals surface area contributed by atoms with Crippen LogP contribution in [0.15, 0.2) is 46.9 Å². The van der Waals surface area contributed by atoms with Gasteiger partial charge in [0.25, 0.3) is 0 Å². The van der Waals surface area contributed by atoms with Crippen LogP contribution in [0.1, 0.15) is 11.7 Å². The van der Waals surface area contributed by atoms with Gasteiger partial charge in [-0.2, -0.15) is 0 Å². The topological polar surface area (TPSA) is 59.4 Å². The van der Waals surface area contributed by atoms with Crippen LogP contribution in [0.2, 0.25) is 0 Å². The van der Waals surface area contributed by atoms with E-state index in [1.165, 1.54) is 0 Å². The van der Waals surface area contributed by atoms with Crippen molar-refractivity contribution >= 4 is 21.9 Å². The second kappa shape index (κ2) is 3.87. The Bertz CT molecular complexity index is 672. The van der Waals surface area contributed by atoms with Crippen LogP contribution in [0.25, 0.3) is 21.9 Å². The molecule has 0 saturated heterocycles. The molecule has 86 valence electrons. The summed E-state index contributed by atoms with van der Waals surface area (Å²) in [4.78, 5) is 0. The van der Waals surface area contributed by atoms with E-state index in [-0.39, 0.29) is 6.54 Å². The number of fused-ring (bicyclic) bond motifs is 3. The van der Waals surface area contributed by atoms with Crippen LogP contribution in [0, 0.1) is 0 Å². The molecule has 0 amide bonds. The highest BCUT2D eigenvalue weighted by atomic mass is 16.3. The van der Waals surface area contributed by atoms with Gasteiger partial charge in [0.2, 0.25) is 0 Å². The van der Waals surface area contributed by atoms with E-state index < -0.39 is 6.10 Å². The van der Waals surface area contributed by atoms with E-state index in [9.17, 15) is 5.11 Å². The van der Waals surface area contributed by atoms with Crippen molar-refractivity contribution < 1.29 is 9.52 Å². The zero-order valence-electron chi connectivity index (χ0n) is 9.26. The van der Waals surface area contributed by atoms with E-state index in [0.29, 0.717) is 0 Å².